The van der Waals surface area contributed by atoms with Gasteiger partial charge in [-0.25, -0.2) is 0 Å². The van der Waals surface area contributed by atoms with Crippen LogP contribution in [0.4, 0.5) is 0 Å². The lowest BCUT2D eigenvalue weighted by molar-refractivity contribution is 0.0946. The molecule has 1 amide bonds. The number of ether oxygens (including phenoxy) is 3. The molecule has 2 aromatic carbocycles. The highest BCUT2D eigenvalue weighted by atomic mass is 16.5. The maximum atomic E-state index is 12.3. The van der Waals surface area contributed by atoms with Crippen LogP contribution in [0, 0.1) is 6.92 Å². The van der Waals surface area contributed by atoms with Gasteiger partial charge in [0, 0.05) is 5.56 Å². The van der Waals surface area contributed by atoms with Gasteiger partial charge in [0.05, 0.1) is 19.8 Å². The number of nitrogens with one attached hydrogen (secondary N) is 1. The predicted molar refractivity (Wildman–Crippen MR) is 97.8 cm³/mol. The molecule has 0 saturated heterocycles. The summed E-state index contributed by atoms with van der Waals surface area (Å²) in [4.78, 5) is 12.3. The molecule has 0 fully saturated rings. The fourth-order valence-corrected chi connectivity index (χ4v) is 2.34. The zero-order valence-electron chi connectivity index (χ0n) is 15.0. The molecule has 1 N–H and O–H groups in total. The monoisotopic (exact) mass is 343 g/mol. The minimum absolute atomic E-state index is 0.169. The summed E-state index contributed by atoms with van der Waals surface area (Å²) in [6.07, 6.45) is 0. The summed E-state index contributed by atoms with van der Waals surface area (Å²) in [6.45, 7) is 7.67. The van der Waals surface area contributed by atoms with Gasteiger partial charge in [0.2, 0.25) is 0 Å². The Balaban J connectivity index is 1.89. The van der Waals surface area contributed by atoms with Crippen molar-refractivity contribution in [2.75, 3.05) is 26.4 Å². The molecule has 25 heavy (non-hydrogen) atoms. The molecule has 0 heterocycles. The largest absolute Gasteiger partial charge is 0.491 e. The van der Waals surface area contributed by atoms with Gasteiger partial charge >= 0.3 is 0 Å². The minimum Gasteiger partial charge on any atom is -0.491 e. The number of aryl methyl sites for hydroxylation is 1. The van der Waals surface area contributed by atoms with Gasteiger partial charge in [-0.05, 0) is 50.6 Å². The van der Waals surface area contributed by atoms with Gasteiger partial charge in [-0.3, -0.25) is 4.79 Å². The van der Waals surface area contributed by atoms with E-state index in [1.807, 2.05) is 45.0 Å². The summed E-state index contributed by atoms with van der Waals surface area (Å²) in [6, 6.07) is 13.0. The van der Waals surface area contributed by atoms with E-state index >= 15 is 0 Å². The second-order valence-electron chi connectivity index (χ2n) is 5.40. The van der Waals surface area contributed by atoms with E-state index in [9.17, 15) is 4.79 Å². The molecular weight excluding hydrogens is 318 g/mol. The Kier molecular flexibility index (Phi) is 7.14. The highest BCUT2D eigenvalue weighted by molar-refractivity contribution is 5.94. The van der Waals surface area contributed by atoms with Crippen LogP contribution in [0.25, 0.3) is 0 Å². The number of para-hydroxylation sites is 1. The first-order valence-corrected chi connectivity index (χ1v) is 8.52. The molecule has 0 aliphatic rings. The van der Waals surface area contributed by atoms with Crippen molar-refractivity contribution in [1.82, 2.24) is 5.32 Å². The average Bonchev–Trinajstić information content (AvgIpc) is 2.62. The van der Waals surface area contributed by atoms with E-state index in [2.05, 4.69) is 5.32 Å². The minimum atomic E-state index is -0.169. The van der Waals surface area contributed by atoms with E-state index in [1.165, 1.54) is 0 Å². The highest BCUT2D eigenvalue weighted by Gasteiger charge is 2.11. The summed E-state index contributed by atoms with van der Waals surface area (Å²) in [5.41, 5.74) is 1.60. The first-order valence-electron chi connectivity index (χ1n) is 8.52. The van der Waals surface area contributed by atoms with Crippen LogP contribution in [-0.4, -0.2) is 32.3 Å². The van der Waals surface area contributed by atoms with Crippen molar-refractivity contribution in [3.05, 3.63) is 53.6 Å². The van der Waals surface area contributed by atoms with Crippen molar-refractivity contribution in [2.45, 2.75) is 20.8 Å². The Morgan fingerprint density at radius 3 is 2.36 bits per heavy atom. The van der Waals surface area contributed by atoms with E-state index in [0.29, 0.717) is 43.4 Å². The van der Waals surface area contributed by atoms with Gasteiger partial charge in [-0.1, -0.05) is 18.2 Å². The maximum absolute atomic E-state index is 12.3. The highest BCUT2D eigenvalue weighted by Crippen LogP contribution is 2.28. The maximum Gasteiger partial charge on any atom is 0.251 e. The third-order valence-corrected chi connectivity index (χ3v) is 3.54. The van der Waals surface area contributed by atoms with E-state index in [0.717, 1.165) is 11.3 Å². The van der Waals surface area contributed by atoms with Crippen molar-refractivity contribution in [2.24, 2.45) is 0 Å². The van der Waals surface area contributed by atoms with Crippen LogP contribution in [0.1, 0.15) is 29.8 Å². The molecule has 0 radical (unpaired) electrons. The van der Waals surface area contributed by atoms with Crippen LogP contribution in [0.2, 0.25) is 0 Å². The third-order valence-electron chi connectivity index (χ3n) is 3.54. The van der Waals surface area contributed by atoms with Crippen LogP contribution in [-0.2, 0) is 0 Å². The standard InChI is InChI=1S/C20H25NO4/c1-4-23-18-11-10-16(14-19(18)24-5-2)20(22)21-12-13-25-17-9-7-6-8-15(17)3/h6-11,14H,4-5,12-13H2,1-3H3,(H,21,22). The number of rotatable bonds is 9. The number of hydrogen-bond donors (Lipinski definition) is 1. The van der Waals surface area contributed by atoms with Gasteiger partial charge in [0.25, 0.3) is 5.91 Å². The lowest BCUT2D eigenvalue weighted by atomic mass is 10.2. The van der Waals surface area contributed by atoms with Crippen molar-refractivity contribution in [3.8, 4) is 17.2 Å². The molecule has 2 aromatic rings. The molecule has 0 saturated carbocycles. The summed E-state index contributed by atoms with van der Waals surface area (Å²) >= 11 is 0. The molecule has 0 atom stereocenters. The van der Waals surface area contributed by atoms with Gasteiger partial charge in [-0.15, -0.1) is 0 Å². The van der Waals surface area contributed by atoms with Crippen LogP contribution in [0.15, 0.2) is 42.5 Å². The molecule has 0 aliphatic heterocycles. The molecule has 0 spiro atoms. The molecule has 0 unspecified atom stereocenters. The second-order valence-corrected chi connectivity index (χ2v) is 5.40. The van der Waals surface area contributed by atoms with Crippen molar-refractivity contribution in [3.63, 3.8) is 0 Å². The first kappa shape index (κ1) is 18.6. The van der Waals surface area contributed by atoms with Gasteiger partial charge in [0.1, 0.15) is 12.4 Å². The first-order chi connectivity index (χ1) is 12.2. The van der Waals surface area contributed by atoms with E-state index in [-0.39, 0.29) is 5.91 Å². The topological polar surface area (TPSA) is 56.8 Å². The SMILES string of the molecule is CCOc1ccc(C(=O)NCCOc2ccccc2C)cc1OCC. The lowest BCUT2D eigenvalue weighted by Gasteiger charge is -2.13. The van der Waals surface area contributed by atoms with E-state index in [1.54, 1.807) is 18.2 Å². The molecule has 0 aliphatic carbocycles. The number of carbonyl (C=O) groups is 1. The average molecular weight is 343 g/mol. The smallest absolute Gasteiger partial charge is 0.251 e. The number of benzene rings is 2. The lowest BCUT2D eigenvalue weighted by Crippen LogP contribution is -2.28. The van der Waals surface area contributed by atoms with Gasteiger partial charge in [-0.2, -0.15) is 0 Å². The van der Waals surface area contributed by atoms with Crippen molar-refractivity contribution >= 4 is 5.91 Å². The molecule has 134 valence electrons. The molecule has 0 bridgehead atoms. The molecule has 0 aromatic heterocycles. The molecule has 2 rings (SSSR count). The quantitative estimate of drug-likeness (QED) is 0.707. The summed E-state index contributed by atoms with van der Waals surface area (Å²) < 4.78 is 16.7. The number of amides is 1. The fourth-order valence-electron chi connectivity index (χ4n) is 2.34. The molecule has 5 heteroatoms. The third kappa shape index (κ3) is 5.41. The normalized spacial score (nSPS) is 10.2. The Hall–Kier alpha value is -2.69. The van der Waals surface area contributed by atoms with Crippen LogP contribution in [0.5, 0.6) is 17.2 Å². The number of carbonyl (C=O) groups excluding carboxylic acids is 1. The Morgan fingerprint density at radius 1 is 0.920 bits per heavy atom. The van der Waals surface area contributed by atoms with Crippen LogP contribution in [0.3, 0.4) is 0 Å². The van der Waals surface area contributed by atoms with Crippen molar-refractivity contribution < 1.29 is 19.0 Å². The summed E-state index contributed by atoms with van der Waals surface area (Å²) in [7, 11) is 0. The molecule has 5 nitrogen and oxygen atoms in total. The van der Waals surface area contributed by atoms with E-state index in [4.69, 9.17) is 14.2 Å². The van der Waals surface area contributed by atoms with Gasteiger partial charge < -0.3 is 19.5 Å². The van der Waals surface area contributed by atoms with E-state index < -0.39 is 0 Å². The number of hydrogen-bond acceptors (Lipinski definition) is 4. The zero-order valence-corrected chi connectivity index (χ0v) is 15.0. The Bertz CT molecular complexity index is 700. The summed E-state index contributed by atoms with van der Waals surface area (Å²) in [5.74, 6) is 1.88. The summed E-state index contributed by atoms with van der Waals surface area (Å²) in [5, 5.41) is 2.85. The Morgan fingerprint density at radius 2 is 1.64 bits per heavy atom. The Labute approximate surface area is 148 Å². The van der Waals surface area contributed by atoms with Crippen LogP contribution < -0.4 is 19.5 Å². The fraction of sp³-hybridized carbons (Fsp3) is 0.350. The second kappa shape index (κ2) is 9.57. The predicted octanol–water partition coefficient (Wildman–Crippen LogP) is 3.60. The zero-order chi connectivity index (χ0) is 18.1. The van der Waals surface area contributed by atoms with Gasteiger partial charge in [0.15, 0.2) is 11.5 Å². The van der Waals surface area contributed by atoms with Crippen molar-refractivity contribution in [1.29, 1.82) is 0 Å². The van der Waals surface area contributed by atoms with Crippen LogP contribution >= 0.6 is 0 Å². The molecular formula is C20H25NO4.